The Balaban J connectivity index is 1.90. The maximum absolute atomic E-state index is 13.7. The molecular formula is C16H14F2N2O. The SMILES string of the molecule is NNC(Cc1ccc(F)cc1)c1cc2cccc(F)c2o1. The van der Waals surface area contributed by atoms with Crippen molar-refractivity contribution in [1.82, 2.24) is 5.43 Å². The largest absolute Gasteiger partial charge is 0.456 e. The van der Waals surface area contributed by atoms with Gasteiger partial charge in [-0.25, -0.2) is 14.2 Å². The molecule has 1 heterocycles. The third kappa shape index (κ3) is 2.79. The van der Waals surface area contributed by atoms with E-state index in [0.717, 1.165) is 5.56 Å². The molecule has 0 aliphatic rings. The van der Waals surface area contributed by atoms with Crippen molar-refractivity contribution in [2.75, 3.05) is 0 Å². The summed E-state index contributed by atoms with van der Waals surface area (Å²) in [5.41, 5.74) is 3.77. The topological polar surface area (TPSA) is 51.2 Å². The standard InChI is InChI=1S/C16H14F2N2O/c17-12-6-4-10(5-7-12)8-14(20-19)15-9-11-2-1-3-13(18)16(11)21-15/h1-7,9,14,20H,8,19H2. The van der Waals surface area contributed by atoms with E-state index in [-0.39, 0.29) is 17.4 Å². The van der Waals surface area contributed by atoms with Gasteiger partial charge in [-0.1, -0.05) is 24.3 Å². The highest BCUT2D eigenvalue weighted by molar-refractivity contribution is 5.78. The minimum Gasteiger partial charge on any atom is -0.456 e. The number of hydrazine groups is 1. The zero-order valence-corrected chi connectivity index (χ0v) is 11.1. The number of halogens is 2. The number of nitrogens with one attached hydrogen (secondary N) is 1. The van der Waals surface area contributed by atoms with Gasteiger partial charge in [0.25, 0.3) is 0 Å². The van der Waals surface area contributed by atoms with Gasteiger partial charge in [0.05, 0.1) is 6.04 Å². The molecule has 3 nitrogen and oxygen atoms in total. The molecule has 1 aromatic heterocycles. The molecule has 0 aliphatic heterocycles. The second kappa shape index (κ2) is 5.63. The van der Waals surface area contributed by atoms with Crippen LogP contribution in [0.2, 0.25) is 0 Å². The number of hydrogen-bond donors (Lipinski definition) is 2. The summed E-state index contributed by atoms with van der Waals surface area (Å²) in [6.07, 6.45) is 0.512. The highest BCUT2D eigenvalue weighted by atomic mass is 19.1. The molecule has 0 saturated carbocycles. The van der Waals surface area contributed by atoms with Gasteiger partial charge >= 0.3 is 0 Å². The van der Waals surface area contributed by atoms with Gasteiger partial charge in [-0.05, 0) is 36.2 Å². The molecule has 108 valence electrons. The van der Waals surface area contributed by atoms with Gasteiger partial charge in [-0.15, -0.1) is 0 Å². The Labute approximate surface area is 120 Å². The van der Waals surface area contributed by atoms with Crippen LogP contribution >= 0.6 is 0 Å². The summed E-state index contributed by atoms with van der Waals surface area (Å²) in [6, 6.07) is 12.3. The first-order valence-electron chi connectivity index (χ1n) is 6.56. The monoisotopic (exact) mass is 288 g/mol. The van der Waals surface area contributed by atoms with Gasteiger partial charge in [0.2, 0.25) is 0 Å². The highest BCUT2D eigenvalue weighted by Crippen LogP contribution is 2.27. The molecule has 3 aromatic rings. The Morgan fingerprint density at radius 3 is 2.52 bits per heavy atom. The van der Waals surface area contributed by atoms with E-state index >= 15 is 0 Å². The molecule has 2 aromatic carbocycles. The van der Waals surface area contributed by atoms with Gasteiger partial charge in [0, 0.05) is 5.39 Å². The average molecular weight is 288 g/mol. The summed E-state index contributed by atoms with van der Waals surface area (Å²) in [6.45, 7) is 0. The maximum atomic E-state index is 13.7. The first kappa shape index (κ1) is 13.7. The van der Waals surface area contributed by atoms with E-state index in [1.165, 1.54) is 18.2 Å². The molecular weight excluding hydrogens is 274 g/mol. The molecule has 0 aliphatic carbocycles. The molecule has 3 N–H and O–H groups in total. The van der Waals surface area contributed by atoms with Crippen LogP contribution in [0.1, 0.15) is 17.4 Å². The lowest BCUT2D eigenvalue weighted by Gasteiger charge is -2.13. The summed E-state index contributed by atoms with van der Waals surface area (Å²) >= 11 is 0. The van der Waals surface area contributed by atoms with Crippen molar-refractivity contribution in [2.24, 2.45) is 5.84 Å². The molecule has 21 heavy (non-hydrogen) atoms. The molecule has 5 heteroatoms. The van der Waals surface area contributed by atoms with E-state index in [9.17, 15) is 8.78 Å². The van der Waals surface area contributed by atoms with Crippen molar-refractivity contribution >= 4 is 11.0 Å². The maximum Gasteiger partial charge on any atom is 0.169 e. The van der Waals surface area contributed by atoms with E-state index in [4.69, 9.17) is 10.3 Å². The molecule has 1 atom stereocenters. The van der Waals surface area contributed by atoms with E-state index in [1.54, 1.807) is 30.3 Å². The Hall–Kier alpha value is -2.24. The van der Waals surface area contributed by atoms with Crippen molar-refractivity contribution in [3.05, 3.63) is 71.5 Å². The second-order valence-corrected chi connectivity index (χ2v) is 4.86. The molecule has 0 saturated heterocycles. The van der Waals surface area contributed by atoms with Crippen LogP contribution in [0.25, 0.3) is 11.0 Å². The second-order valence-electron chi connectivity index (χ2n) is 4.86. The number of hydrogen-bond acceptors (Lipinski definition) is 3. The summed E-state index contributed by atoms with van der Waals surface area (Å²) in [4.78, 5) is 0. The van der Waals surface area contributed by atoms with E-state index in [1.807, 2.05) is 0 Å². The zero-order chi connectivity index (χ0) is 14.8. The van der Waals surface area contributed by atoms with Crippen LogP contribution in [-0.2, 0) is 6.42 Å². The third-order valence-electron chi connectivity index (χ3n) is 3.41. The van der Waals surface area contributed by atoms with E-state index in [2.05, 4.69) is 5.43 Å². The van der Waals surface area contributed by atoms with Crippen LogP contribution in [-0.4, -0.2) is 0 Å². The number of furan rings is 1. The number of fused-ring (bicyclic) bond motifs is 1. The van der Waals surface area contributed by atoms with Gasteiger partial charge < -0.3 is 4.42 Å². The minimum absolute atomic E-state index is 0.215. The average Bonchev–Trinajstić information content (AvgIpc) is 2.92. The summed E-state index contributed by atoms with van der Waals surface area (Å²) in [5.74, 6) is 5.41. The first-order valence-corrected chi connectivity index (χ1v) is 6.56. The van der Waals surface area contributed by atoms with Gasteiger partial charge in [-0.3, -0.25) is 5.84 Å². The lowest BCUT2D eigenvalue weighted by atomic mass is 10.0. The van der Waals surface area contributed by atoms with E-state index < -0.39 is 5.82 Å². The third-order valence-corrected chi connectivity index (χ3v) is 3.41. The lowest BCUT2D eigenvalue weighted by Crippen LogP contribution is -2.29. The van der Waals surface area contributed by atoms with Crippen molar-refractivity contribution in [3.8, 4) is 0 Å². The van der Waals surface area contributed by atoms with Crippen LogP contribution in [0.4, 0.5) is 8.78 Å². The fraction of sp³-hybridized carbons (Fsp3) is 0.125. The van der Waals surface area contributed by atoms with Gasteiger partial charge in [0.15, 0.2) is 11.4 Å². The van der Waals surface area contributed by atoms with Crippen LogP contribution in [0.3, 0.4) is 0 Å². The molecule has 0 amide bonds. The molecule has 0 bridgehead atoms. The quantitative estimate of drug-likeness (QED) is 0.571. The molecule has 0 spiro atoms. The Kier molecular flexibility index (Phi) is 3.68. The predicted molar refractivity (Wildman–Crippen MR) is 76.3 cm³/mol. The number of para-hydroxylation sites is 1. The molecule has 1 unspecified atom stereocenters. The van der Waals surface area contributed by atoms with Crippen molar-refractivity contribution in [3.63, 3.8) is 0 Å². The van der Waals surface area contributed by atoms with Crippen LogP contribution in [0.5, 0.6) is 0 Å². The van der Waals surface area contributed by atoms with Gasteiger partial charge in [-0.2, -0.15) is 0 Å². The first-order chi connectivity index (χ1) is 10.2. The smallest absolute Gasteiger partial charge is 0.169 e. The fourth-order valence-corrected chi connectivity index (χ4v) is 2.32. The molecule has 3 rings (SSSR count). The Morgan fingerprint density at radius 2 is 1.86 bits per heavy atom. The van der Waals surface area contributed by atoms with Crippen molar-refractivity contribution in [2.45, 2.75) is 12.5 Å². The summed E-state index contributed by atoms with van der Waals surface area (Å²) < 4.78 is 32.1. The lowest BCUT2D eigenvalue weighted by molar-refractivity contribution is 0.427. The van der Waals surface area contributed by atoms with Crippen molar-refractivity contribution < 1.29 is 13.2 Å². The van der Waals surface area contributed by atoms with Crippen LogP contribution < -0.4 is 11.3 Å². The summed E-state index contributed by atoms with van der Waals surface area (Å²) in [5, 5.41) is 0.685. The van der Waals surface area contributed by atoms with Crippen LogP contribution in [0, 0.1) is 11.6 Å². The predicted octanol–water partition coefficient (Wildman–Crippen LogP) is 3.46. The van der Waals surface area contributed by atoms with Crippen molar-refractivity contribution in [1.29, 1.82) is 0 Å². The molecule has 0 radical (unpaired) electrons. The zero-order valence-electron chi connectivity index (χ0n) is 11.1. The Bertz CT molecular complexity index is 753. The number of benzene rings is 2. The number of nitrogens with two attached hydrogens (primary N) is 1. The minimum atomic E-state index is -0.406. The fourth-order valence-electron chi connectivity index (χ4n) is 2.32. The van der Waals surface area contributed by atoms with Crippen LogP contribution in [0.15, 0.2) is 52.9 Å². The van der Waals surface area contributed by atoms with E-state index in [0.29, 0.717) is 17.6 Å². The highest BCUT2D eigenvalue weighted by Gasteiger charge is 2.17. The number of rotatable bonds is 4. The molecule has 0 fully saturated rings. The normalized spacial score (nSPS) is 12.7. The summed E-state index contributed by atoms with van der Waals surface area (Å²) in [7, 11) is 0. The van der Waals surface area contributed by atoms with Gasteiger partial charge in [0.1, 0.15) is 11.6 Å². The Morgan fingerprint density at radius 1 is 1.10 bits per heavy atom.